The molecule has 1 aliphatic rings. The van der Waals surface area contributed by atoms with Crippen molar-refractivity contribution in [1.29, 1.82) is 0 Å². The standard InChI is InChI=1S/C13H10N2S2/c16-13-8-11(12-6-3-7-17-12)14-9-4-1-2-5-10(9)15-13/h1-7H,8H2,(H,15,16). The van der Waals surface area contributed by atoms with E-state index in [0.717, 1.165) is 22.1 Å². The van der Waals surface area contributed by atoms with E-state index < -0.39 is 0 Å². The first-order valence-electron chi connectivity index (χ1n) is 5.33. The Bertz CT molecular complexity index is 585. The van der Waals surface area contributed by atoms with E-state index in [1.165, 1.54) is 4.88 Å². The highest BCUT2D eigenvalue weighted by molar-refractivity contribution is 7.80. The van der Waals surface area contributed by atoms with Crippen molar-refractivity contribution in [3.05, 3.63) is 46.7 Å². The molecule has 1 aliphatic heterocycles. The predicted molar refractivity (Wildman–Crippen MR) is 77.8 cm³/mol. The highest BCUT2D eigenvalue weighted by atomic mass is 32.1. The van der Waals surface area contributed by atoms with Crippen LogP contribution in [0.5, 0.6) is 0 Å². The predicted octanol–water partition coefficient (Wildman–Crippen LogP) is 4.01. The van der Waals surface area contributed by atoms with Gasteiger partial charge in [-0.2, -0.15) is 0 Å². The summed E-state index contributed by atoms with van der Waals surface area (Å²) in [5.41, 5.74) is 2.99. The molecule has 0 aliphatic carbocycles. The summed E-state index contributed by atoms with van der Waals surface area (Å²) in [6.07, 6.45) is 0.699. The minimum atomic E-state index is 0.699. The molecular weight excluding hydrogens is 248 g/mol. The van der Waals surface area contributed by atoms with E-state index >= 15 is 0 Å². The van der Waals surface area contributed by atoms with Gasteiger partial charge in [-0.25, -0.2) is 4.99 Å². The average molecular weight is 258 g/mol. The maximum Gasteiger partial charge on any atom is 0.0868 e. The highest BCUT2D eigenvalue weighted by Crippen LogP contribution is 2.29. The van der Waals surface area contributed by atoms with Crippen molar-refractivity contribution in [2.75, 3.05) is 5.32 Å². The molecule has 84 valence electrons. The largest absolute Gasteiger partial charge is 0.348 e. The van der Waals surface area contributed by atoms with Gasteiger partial charge in [-0.15, -0.1) is 11.3 Å². The Morgan fingerprint density at radius 2 is 2.06 bits per heavy atom. The molecule has 2 nitrogen and oxygen atoms in total. The molecule has 17 heavy (non-hydrogen) atoms. The third kappa shape index (κ3) is 2.14. The molecule has 0 unspecified atom stereocenters. The number of anilines is 1. The van der Waals surface area contributed by atoms with Crippen LogP contribution < -0.4 is 5.32 Å². The average Bonchev–Trinajstić information content (AvgIpc) is 2.79. The number of aliphatic imine (C=N–C) groups is 1. The fourth-order valence-corrected chi connectivity index (χ4v) is 2.75. The summed E-state index contributed by atoms with van der Waals surface area (Å²) in [6, 6.07) is 12.1. The van der Waals surface area contributed by atoms with Crippen LogP contribution in [0.1, 0.15) is 11.3 Å². The van der Waals surface area contributed by atoms with Crippen LogP contribution >= 0.6 is 23.6 Å². The second kappa shape index (κ2) is 4.39. The van der Waals surface area contributed by atoms with Gasteiger partial charge in [0.05, 0.1) is 22.1 Å². The quantitative estimate of drug-likeness (QED) is 0.781. The number of para-hydroxylation sites is 2. The Labute approximate surface area is 109 Å². The van der Waals surface area contributed by atoms with E-state index in [-0.39, 0.29) is 0 Å². The summed E-state index contributed by atoms with van der Waals surface area (Å²) < 4.78 is 0. The number of nitrogens with zero attached hydrogens (tertiary/aromatic N) is 1. The molecule has 0 atom stereocenters. The summed E-state index contributed by atoms with van der Waals surface area (Å²) in [5, 5.41) is 5.30. The molecule has 0 radical (unpaired) electrons. The van der Waals surface area contributed by atoms with E-state index in [1.807, 2.05) is 30.3 Å². The summed E-state index contributed by atoms with van der Waals surface area (Å²) >= 11 is 7.03. The molecule has 1 aromatic carbocycles. The lowest BCUT2D eigenvalue weighted by Gasteiger charge is -2.04. The molecule has 1 aromatic heterocycles. The highest BCUT2D eigenvalue weighted by Gasteiger charge is 2.14. The number of fused-ring (bicyclic) bond motifs is 1. The monoisotopic (exact) mass is 258 g/mol. The van der Waals surface area contributed by atoms with Gasteiger partial charge in [0, 0.05) is 11.3 Å². The van der Waals surface area contributed by atoms with Crippen LogP contribution in [0, 0.1) is 0 Å². The Balaban J connectivity index is 2.11. The molecule has 1 N–H and O–H groups in total. The first-order valence-corrected chi connectivity index (χ1v) is 6.62. The van der Waals surface area contributed by atoms with Gasteiger partial charge in [0.2, 0.25) is 0 Å². The van der Waals surface area contributed by atoms with Gasteiger partial charge in [0.15, 0.2) is 0 Å². The number of rotatable bonds is 1. The van der Waals surface area contributed by atoms with Gasteiger partial charge in [0.1, 0.15) is 0 Å². The lowest BCUT2D eigenvalue weighted by molar-refractivity contribution is 1.49. The minimum Gasteiger partial charge on any atom is -0.348 e. The van der Waals surface area contributed by atoms with Crippen LogP contribution in [0.3, 0.4) is 0 Å². The molecule has 2 heterocycles. The number of thiocarbonyl (C=S) groups is 1. The van der Waals surface area contributed by atoms with E-state index in [9.17, 15) is 0 Å². The van der Waals surface area contributed by atoms with Crippen LogP contribution in [-0.2, 0) is 0 Å². The van der Waals surface area contributed by atoms with E-state index in [2.05, 4.69) is 16.8 Å². The van der Waals surface area contributed by atoms with Crippen LogP contribution in [0.2, 0.25) is 0 Å². The van der Waals surface area contributed by atoms with Gasteiger partial charge in [-0.3, -0.25) is 0 Å². The third-order valence-corrected chi connectivity index (χ3v) is 3.73. The zero-order chi connectivity index (χ0) is 11.7. The maximum absolute atomic E-state index is 5.33. The van der Waals surface area contributed by atoms with Crippen molar-refractivity contribution in [1.82, 2.24) is 0 Å². The fourth-order valence-electron chi connectivity index (χ4n) is 1.79. The smallest absolute Gasteiger partial charge is 0.0868 e. The Morgan fingerprint density at radius 3 is 2.88 bits per heavy atom. The zero-order valence-electron chi connectivity index (χ0n) is 9.01. The van der Waals surface area contributed by atoms with E-state index in [4.69, 9.17) is 17.2 Å². The Kier molecular flexibility index (Phi) is 2.74. The molecule has 4 heteroatoms. The van der Waals surface area contributed by atoms with Crippen molar-refractivity contribution >= 4 is 45.6 Å². The first-order chi connectivity index (χ1) is 8.33. The lowest BCUT2D eigenvalue weighted by Crippen LogP contribution is -2.12. The summed E-state index contributed by atoms with van der Waals surface area (Å²) in [5.74, 6) is 0. The molecule has 0 saturated carbocycles. The van der Waals surface area contributed by atoms with Gasteiger partial charge in [-0.05, 0) is 23.6 Å². The minimum absolute atomic E-state index is 0.699. The number of hydrogen-bond acceptors (Lipinski definition) is 3. The number of hydrogen-bond donors (Lipinski definition) is 1. The summed E-state index contributed by atoms with van der Waals surface area (Å²) in [7, 11) is 0. The third-order valence-electron chi connectivity index (χ3n) is 2.57. The van der Waals surface area contributed by atoms with Gasteiger partial charge < -0.3 is 5.32 Å². The van der Waals surface area contributed by atoms with Gasteiger partial charge >= 0.3 is 0 Å². The fraction of sp³-hybridized carbons (Fsp3) is 0.0769. The topological polar surface area (TPSA) is 24.4 Å². The first kappa shape index (κ1) is 10.6. The molecule has 0 spiro atoms. The SMILES string of the molecule is S=C1CC(c2cccs2)=Nc2ccccc2N1. The normalized spacial score (nSPS) is 14.6. The van der Waals surface area contributed by atoms with Crippen LogP contribution in [0.4, 0.5) is 11.4 Å². The lowest BCUT2D eigenvalue weighted by atomic mass is 10.2. The van der Waals surface area contributed by atoms with Crippen molar-refractivity contribution in [3.63, 3.8) is 0 Å². The Morgan fingerprint density at radius 1 is 1.18 bits per heavy atom. The number of nitrogens with one attached hydrogen (secondary N) is 1. The number of benzene rings is 1. The van der Waals surface area contributed by atoms with Crippen LogP contribution in [0.25, 0.3) is 0 Å². The van der Waals surface area contributed by atoms with Gasteiger partial charge in [-0.1, -0.05) is 30.4 Å². The second-order valence-corrected chi connectivity index (χ2v) is 5.22. The molecule has 2 aromatic rings. The molecule has 3 rings (SSSR count). The van der Waals surface area contributed by atoms with Crippen molar-refractivity contribution in [2.45, 2.75) is 6.42 Å². The molecule has 0 bridgehead atoms. The zero-order valence-corrected chi connectivity index (χ0v) is 10.6. The second-order valence-electron chi connectivity index (χ2n) is 3.78. The maximum atomic E-state index is 5.33. The van der Waals surface area contributed by atoms with E-state index in [1.54, 1.807) is 11.3 Å². The Hall–Kier alpha value is -1.52. The van der Waals surface area contributed by atoms with Crippen LogP contribution in [0.15, 0.2) is 46.8 Å². The molecular formula is C13H10N2S2. The van der Waals surface area contributed by atoms with Crippen molar-refractivity contribution in [2.24, 2.45) is 4.99 Å². The molecule has 0 saturated heterocycles. The van der Waals surface area contributed by atoms with Crippen LogP contribution in [-0.4, -0.2) is 10.7 Å². The molecule has 0 amide bonds. The molecule has 0 fully saturated rings. The summed E-state index contributed by atoms with van der Waals surface area (Å²) in [4.78, 5) is 6.72. The summed E-state index contributed by atoms with van der Waals surface area (Å²) in [6.45, 7) is 0. The van der Waals surface area contributed by atoms with Crippen molar-refractivity contribution in [3.8, 4) is 0 Å². The van der Waals surface area contributed by atoms with E-state index in [0.29, 0.717) is 6.42 Å². The van der Waals surface area contributed by atoms with Gasteiger partial charge in [0.25, 0.3) is 0 Å². The van der Waals surface area contributed by atoms with Crippen molar-refractivity contribution < 1.29 is 0 Å². The number of thiophene rings is 1.